The number of aryl methyl sites for hydroxylation is 1. The van der Waals surface area contributed by atoms with Crippen molar-refractivity contribution in [2.24, 2.45) is 5.92 Å². The van der Waals surface area contributed by atoms with Crippen LogP contribution in [-0.2, 0) is 5.60 Å². The molecule has 0 radical (unpaired) electrons. The zero-order valence-electron chi connectivity index (χ0n) is 10.0. The molecule has 2 N–H and O–H groups in total. The van der Waals surface area contributed by atoms with Crippen LogP contribution in [0.4, 0.5) is 0 Å². The van der Waals surface area contributed by atoms with Crippen molar-refractivity contribution in [1.29, 1.82) is 0 Å². The Bertz CT molecular complexity index is 357. The van der Waals surface area contributed by atoms with Crippen molar-refractivity contribution < 1.29 is 5.11 Å². The summed E-state index contributed by atoms with van der Waals surface area (Å²) in [5.41, 5.74) is 1.31. The Morgan fingerprint density at radius 3 is 3.00 bits per heavy atom. The predicted molar refractivity (Wildman–Crippen MR) is 64.1 cm³/mol. The molecule has 16 heavy (non-hydrogen) atoms. The van der Waals surface area contributed by atoms with Gasteiger partial charge >= 0.3 is 0 Å². The normalized spacial score (nSPS) is 25.1. The van der Waals surface area contributed by atoms with Crippen molar-refractivity contribution in [1.82, 2.24) is 10.3 Å². The maximum Gasteiger partial charge on any atom is 0.0926 e. The fourth-order valence-electron chi connectivity index (χ4n) is 2.55. The van der Waals surface area contributed by atoms with Crippen molar-refractivity contribution in [2.45, 2.75) is 32.3 Å². The number of rotatable bonds is 2. The van der Waals surface area contributed by atoms with E-state index in [1.165, 1.54) is 0 Å². The van der Waals surface area contributed by atoms with E-state index in [0.29, 0.717) is 0 Å². The zero-order chi connectivity index (χ0) is 11.6. The highest BCUT2D eigenvalue weighted by molar-refractivity contribution is 5.28. The SMILES string of the molecule is Cc1ccncc1C(C)(O)C1CCCNC1. The molecule has 1 aliphatic rings. The van der Waals surface area contributed by atoms with Gasteiger partial charge in [0.2, 0.25) is 0 Å². The van der Waals surface area contributed by atoms with Gasteiger partial charge < -0.3 is 10.4 Å². The third kappa shape index (κ3) is 2.11. The van der Waals surface area contributed by atoms with Gasteiger partial charge in [0, 0.05) is 30.4 Å². The highest BCUT2D eigenvalue weighted by atomic mass is 16.3. The topological polar surface area (TPSA) is 45.2 Å². The summed E-state index contributed by atoms with van der Waals surface area (Å²) < 4.78 is 0. The molecule has 2 unspecified atom stereocenters. The molecule has 88 valence electrons. The van der Waals surface area contributed by atoms with Crippen LogP contribution in [0.1, 0.15) is 30.9 Å². The van der Waals surface area contributed by atoms with Gasteiger partial charge in [-0.2, -0.15) is 0 Å². The Labute approximate surface area is 96.9 Å². The van der Waals surface area contributed by atoms with Crippen LogP contribution in [0.15, 0.2) is 18.5 Å². The van der Waals surface area contributed by atoms with E-state index < -0.39 is 5.60 Å². The standard InChI is InChI=1S/C13H20N2O/c1-10-5-7-15-9-12(10)13(2,16)11-4-3-6-14-8-11/h5,7,9,11,14,16H,3-4,6,8H2,1-2H3. The molecule has 0 bridgehead atoms. The first-order valence-corrected chi connectivity index (χ1v) is 5.96. The van der Waals surface area contributed by atoms with Crippen LogP contribution in [-0.4, -0.2) is 23.2 Å². The molecule has 0 aromatic carbocycles. The summed E-state index contributed by atoms with van der Waals surface area (Å²) in [5.74, 6) is 0.282. The van der Waals surface area contributed by atoms with Gasteiger partial charge in [0.25, 0.3) is 0 Å². The van der Waals surface area contributed by atoms with E-state index in [1.807, 2.05) is 19.9 Å². The fourth-order valence-corrected chi connectivity index (χ4v) is 2.55. The van der Waals surface area contributed by atoms with E-state index in [0.717, 1.165) is 37.1 Å². The van der Waals surface area contributed by atoms with Gasteiger partial charge in [0.05, 0.1) is 5.60 Å². The van der Waals surface area contributed by atoms with Crippen molar-refractivity contribution in [3.63, 3.8) is 0 Å². The van der Waals surface area contributed by atoms with Crippen LogP contribution in [0.5, 0.6) is 0 Å². The lowest BCUT2D eigenvalue weighted by Crippen LogP contribution is -2.42. The average Bonchev–Trinajstić information content (AvgIpc) is 2.30. The van der Waals surface area contributed by atoms with Gasteiger partial charge in [-0.05, 0) is 44.9 Å². The molecule has 0 saturated carbocycles. The van der Waals surface area contributed by atoms with Gasteiger partial charge in [0.1, 0.15) is 0 Å². The molecule has 0 aliphatic carbocycles. The quantitative estimate of drug-likeness (QED) is 0.795. The minimum absolute atomic E-state index is 0.282. The van der Waals surface area contributed by atoms with Gasteiger partial charge in [0.15, 0.2) is 0 Å². The summed E-state index contributed by atoms with van der Waals surface area (Å²) in [6, 6.07) is 1.96. The number of piperidine rings is 1. The Morgan fingerprint density at radius 2 is 2.38 bits per heavy atom. The Kier molecular flexibility index (Phi) is 3.26. The molecule has 0 spiro atoms. The van der Waals surface area contributed by atoms with Crippen LogP contribution in [0, 0.1) is 12.8 Å². The third-order valence-electron chi connectivity index (χ3n) is 3.68. The number of hydrogen-bond donors (Lipinski definition) is 2. The summed E-state index contributed by atoms with van der Waals surface area (Å²) in [5, 5.41) is 14.1. The molecule has 1 aliphatic heterocycles. The van der Waals surface area contributed by atoms with Crippen LogP contribution in [0.2, 0.25) is 0 Å². The molecule has 1 saturated heterocycles. The maximum absolute atomic E-state index is 10.7. The first kappa shape index (κ1) is 11.6. The molecule has 3 heteroatoms. The number of hydrogen-bond acceptors (Lipinski definition) is 3. The molecule has 0 amide bonds. The van der Waals surface area contributed by atoms with E-state index >= 15 is 0 Å². The highest BCUT2D eigenvalue weighted by Gasteiger charge is 2.35. The number of nitrogens with zero attached hydrogens (tertiary/aromatic N) is 1. The fraction of sp³-hybridized carbons (Fsp3) is 0.615. The van der Waals surface area contributed by atoms with Crippen LogP contribution < -0.4 is 5.32 Å². The molecule has 1 aromatic heterocycles. The number of nitrogens with one attached hydrogen (secondary N) is 1. The van der Waals surface area contributed by atoms with E-state index in [1.54, 1.807) is 12.4 Å². The van der Waals surface area contributed by atoms with Crippen molar-refractivity contribution >= 4 is 0 Å². The van der Waals surface area contributed by atoms with Gasteiger partial charge in [-0.1, -0.05) is 0 Å². The largest absolute Gasteiger partial charge is 0.385 e. The van der Waals surface area contributed by atoms with Crippen molar-refractivity contribution in [2.75, 3.05) is 13.1 Å². The van der Waals surface area contributed by atoms with E-state index in [9.17, 15) is 5.11 Å². The maximum atomic E-state index is 10.7. The average molecular weight is 220 g/mol. The molecule has 2 atom stereocenters. The lowest BCUT2D eigenvalue weighted by atomic mass is 9.78. The second-order valence-electron chi connectivity index (χ2n) is 4.88. The Hall–Kier alpha value is -0.930. The molecular weight excluding hydrogens is 200 g/mol. The zero-order valence-corrected chi connectivity index (χ0v) is 10.0. The van der Waals surface area contributed by atoms with Crippen LogP contribution in [0.25, 0.3) is 0 Å². The van der Waals surface area contributed by atoms with Gasteiger partial charge in [-0.15, -0.1) is 0 Å². The number of pyridine rings is 1. The summed E-state index contributed by atoms with van der Waals surface area (Å²) >= 11 is 0. The number of aliphatic hydroxyl groups is 1. The second kappa shape index (κ2) is 4.52. The van der Waals surface area contributed by atoms with Gasteiger partial charge in [-0.25, -0.2) is 0 Å². The molecular formula is C13H20N2O. The van der Waals surface area contributed by atoms with Crippen molar-refractivity contribution in [3.8, 4) is 0 Å². The molecule has 1 aromatic rings. The molecule has 2 heterocycles. The lowest BCUT2D eigenvalue weighted by molar-refractivity contribution is -0.0164. The number of aromatic nitrogens is 1. The highest BCUT2D eigenvalue weighted by Crippen LogP contribution is 2.34. The predicted octanol–water partition coefficient (Wildman–Crippen LogP) is 1.60. The Morgan fingerprint density at radius 1 is 1.56 bits per heavy atom. The summed E-state index contributed by atoms with van der Waals surface area (Å²) in [4.78, 5) is 4.13. The van der Waals surface area contributed by atoms with Crippen LogP contribution >= 0.6 is 0 Å². The van der Waals surface area contributed by atoms with Crippen molar-refractivity contribution in [3.05, 3.63) is 29.6 Å². The monoisotopic (exact) mass is 220 g/mol. The molecule has 3 nitrogen and oxygen atoms in total. The first-order chi connectivity index (χ1) is 7.62. The second-order valence-corrected chi connectivity index (χ2v) is 4.88. The summed E-state index contributed by atoms with van der Waals surface area (Å²) in [7, 11) is 0. The summed E-state index contributed by atoms with van der Waals surface area (Å²) in [6.45, 7) is 5.90. The lowest BCUT2D eigenvalue weighted by Gasteiger charge is -2.36. The molecule has 1 fully saturated rings. The summed E-state index contributed by atoms with van der Waals surface area (Å²) in [6.07, 6.45) is 5.78. The minimum Gasteiger partial charge on any atom is -0.385 e. The minimum atomic E-state index is -0.772. The van der Waals surface area contributed by atoms with Crippen LogP contribution in [0.3, 0.4) is 0 Å². The van der Waals surface area contributed by atoms with Gasteiger partial charge in [-0.3, -0.25) is 4.98 Å². The molecule has 2 rings (SSSR count). The van der Waals surface area contributed by atoms with E-state index in [2.05, 4.69) is 10.3 Å². The Balaban J connectivity index is 2.26. The van der Waals surface area contributed by atoms with E-state index in [-0.39, 0.29) is 5.92 Å². The smallest absolute Gasteiger partial charge is 0.0926 e. The first-order valence-electron chi connectivity index (χ1n) is 5.96. The van der Waals surface area contributed by atoms with E-state index in [4.69, 9.17) is 0 Å². The third-order valence-corrected chi connectivity index (χ3v) is 3.68.